The molecule has 0 saturated heterocycles. The second-order valence-electron chi connectivity index (χ2n) is 15.3. The minimum Gasteiger partial charge on any atom is -0.309 e. The van der Waals surface area contributed by atoms with E-state index in [1.165, 1.54) is 86.7 Å². The van der Waals surface area contributed by atoms with Crippen molar-refractivity contribution in [1.82, 2.24) is 9.13 Å². The van der Waals surface area contributed by atoms with E-state index in [1.807, 2.05) is 11.3 Å². The Bertz CT molecular complexity index is 2950. The predicted octanol–water partition coefficient (Wildman–Crippen LogP) is 12.8. The molecule has 0 amide bonds. The molecule has 250 valence electrons. The fourth-order valence-corrected chi connectivity index (χ4v) is 11.5. The first-order valence-electron chi connectivity index (χ1n) is 19.0. The van der Waals surface area contributed by atoms with Crippen molar-refractivity contribution in [2.24, 2.45) is 22.7 Å². The van der Waals surface area contributed by atoms with Crippen LogP contribution in [0, 0.1) is 17.8 Å². The number of hydrogen-bond acceptors (Lipinski definition) is 2. The molecule has 4 aromatic carbocycles. The van der Waals surface area contributed by atoms with Crippen LogP contribution in [0.25, 0.3) is 76.0 Å². The summed E-state index contributed by atoms with van der Waals surface area (Å²) in [5.74, 6) is 0.992. The molecule has 0 saturated carbocycles. The van der Waals surface area contributed by atoms with Crippen molar-refractivity contribution in [1.29, 1.82) is 0 Å². The number of thiophene rings is 1. The Morgan fingerprint density at radius 1 is 0.750 bits per heavy atom. The summed E-state index contributed by atoms with van der Waals surface area (Å²) in [6, 6.07) is 29.3. The van der Waals surface area contributed by atoms with Crippen molar-refractivity contribution in [3.8, 4) is 0 Å². The number of rotatable bonds is 1. The molecule has 3 nitrogen and oxygen atoms in total. The zero-order valence-electron chi connectivity index (χ0n) is 29.1. The molecular formula is C48H37N3S. The van der Waals surface area contributed by atoms with E-state index < -0.39 is 0 Å². The van der Waals surface area contributed by atoms with Gasteiger partial charge < -0.3 is 9.13 Å². The third-order valence-corrected chi connectivity index (χ3v) is 13.6. The molecule has 3 atom stereocenters. The number of aliphatic imine (C=N–C) groups is 1. The normalized spacial score (nSPS) is 22.2. The molecule has 5 heterocycles. The molecule has 7 aromatic rings. The fourth-order valence-electron chi connectivity index (χ4n) is 10.3. The summed E-state index contributed by atoms with van der Waals surface area (Å²) in [4.78, 5) is 5.76. The first-order chi connectivity index (χ1) is 25.7. The van der Waals surface area contributed by atoms with E-state index in [4.69, 9.17) is 4.99 Å². The second kappa shape index (κ2) is 10.8. The number of aromatic nitrogens is 2. The van der Waals surface area contributed by atoms with Crippen molar-refractivity contribution >= 4 is 93.1 Å². The minimum absolute atomic E-state index is 0.207. The highest BCUT2D eigenvalue weighted by Gasteiger charge is 2.38. The number of fused-ring (bicyclic) bond motifs is 20. The van der Waals surface area contributed by atoms with Gasteiger partial charge in [0.05, 0.1) is 22.2 Å². The maximum absolute atomic E-state index is 5.76. The summed E-state index contributed by atoms with van der Waals surface area (Å²) in [7, 11) is 0. The highest BCUT2D eigenvalue weighted by atomic mass is 32.1. The Morgan fingerprint density at radius 3 is 2.48 bits per heavy atom. The van der Waals surface area contributed by atoms with Crippen molar-refractivity contribution in [2.45, 2.75) is 39.0 Å². The molecule has 3 aromatic heterocycles. The van der Waals surface area contributed by atoms with Gasteiger partial charge in [0.25, 0.3) is 0 Å². The predicted molar refractivity (Wildman–Crippen MR) is 223 cm³/mol. The largest absolute Gasteiger partial charge is 0.309 e. The Labute approximate surface area is 306 Å². The average molecular weight is 688 g/mol. The molecule has 2 bridgehead atoms. The van der Waals surface area contributed by atoms with Crippen LogP contribution in [0.1, 0.15) is 49.4 Å². The zero-order valence-corrected chi connectivity index (χ0v) is 30.0. The number of allylic oxidation sites excluding steroid dienone is 10. The van der Waals surface area contributed by atoms with Crippen LogP contribution in [-0.4, -0.2) is 14.8 Å². The van der Waals surface area contributed by atoms with Gasteiger partial charge in [-0.25, -0.2) is 0 Å². The lowest BCUT2D eigenvalue weighted by atomic mass is 9.74. The van der Waals surface area contributed by atoms with Gasteiger partial charge in [-0.1, -0.05) is 110 Å². The third-order valence-electron chi connectivity index (χ3n) is 12.4. The van der Waals surface area contributed by atoms with Crippen LogP contribution in [-0.2, 0) is 6.42 Å². The van der Waals surface area contributed by atoms with Crippen LogP contribution in [0.15, 0.2) is 132 Å². The lowest BCUT2D eigenvalue weighted by Gasteiger charge is -2.35. The van der Waals surface area contributed by atoms with E-state index in [2.05, 4.69) is 144 Å². The number of para-hydroxylation sites is 1. The van der Waals surface area contributed by atoms with E-state index in [-0.39, 0.29) is 5.92 Å². The lowest BCUT2D eigenvalue weighted by Crippen LogP contribution is -2.28. The molecule has 0 spiro atoms. The van der Waals surface area contributed by atoms with Crippen LogP contribution in [0.3, 0.4) is 0 Å². The number of nitrogens with zero attached hydrogens (tertiary/aromatic N) is 3. The number of benzene rings is 4. The molecule has 3 unspecified atom stereocenters. The van der Waals surface area contributed by atoms with E-state index in [9.17, 15) is 0 Å². The molecule has 3 aliphatic carbocycles. The maximum atomic E-state index is 5.76. The lowest BCUT2D eigenvalue weighted by molar-refractivity contribution is 0.514. The Kier molecular flexibility index (Phi) is 6.05. The monoisotopic (exact) mass is 687 g/mol. The summed E-state index contributed by atoms with van der Waals surface area (Å²) < 4.78 is 8.18. The van der Waals surface area contributed by atoms with E-state index >= 15 is 0 Å². The number of hydrogen-bond donors (Lipinski definition) is 0. The van der Waals surface area contributed by atoms with Gasteiger partial charge in [-0.3, -0.25) is 4.99 Å². The van der Waals surface area contributed by atoms with Gasteiger partial charge in [0.15, 0.2) is 0 Å². The summed E-state index contributed by atoms with van der Waals surface area (Å²) in [6.07, 6.45) is 24.4. The molecule has 4 heteroatoms. The second-order valence-corrected chi connectivity index (χ2v) is 16.3. The molecule has 12 rings (SSSR count). The molecular weight excluding hydrogens is 651 g/mol. The van der Waals surface area contributed by atoms with Gasteiger partial charge in [-0.2, -0.15) is 0 Å². The fraction of sp³-hybridized carbons (Fsp3) is 0.188. The van der Waals surface area contributed by atoms with Crippen molar-refractivity contribution in [3.05, 3.63) is 144 Å². The molecule has 2 aliphatic heterocycles. The van der Waals surface area contributed by atoms with Crippen LogP contribution < -0.4 is 0 Å². The topological polar surface area (TPSA) is 22.2 Å². The SMILES string of the molecule is CC1C=Cc2c(c3c4c5ccccc5sc4c4c5ccccc5n5c4c3n2C2=CCCC=C2C2CCC5=C(c3ccccc3)N=C3C=CC=CC32)C1. The van der Waals surface area contributed by atoms with Gasteiger partial charge >= 0.3 is 0 Å². The Hall–Kier alpha value is -5.45. The van der Waals surface area contributed by atoms with Crippen LogP contribution >= 0.6 is 11.3 Å². The Morgan fingerprint density at radius 2 is 1.56 bits per heavy atom. The Balaban J connectivity index is 1.41. The first-order valence-corrected chi connectivity index (χ1v) is 19.8. The quantitative estimate of drug-likeness (QED) is 0.164. The van der Waals surface area contributed by atoms with Gasteiger partial charge in [0.1, 0.15) is 0 Å². The highest BCUT2D eigenvalue weighted by molar-refractivity contribution is 7.27. The third kappa shape index (κ3) is 3.83. The molecule has 0 fully saturated rings. The maximum Gasteiger partial charge on any atom is 0.0903 e. The van der Waals surface area contributed by atoms with E-state index in [0.29, 0.717) is 11.8 Å². The summed E-state index contributed by atoms with van der Waals surface area (Å²) >= 11 is 1.97. The summed E-state index contributed by atoms with van der Waals surface area (Å²) in [5.41, 5.74) is 14.4. The van der Waals surface area contributed by atoms with Gasteiger partial charge in [-0.05, 0) is 79.4 Å². The molecule has 52 heavy (non-hydrogen) atoms. The van der Waals surface area contributed by atoms with Gasteiger partial charge in [0.2, 0.25) is 0 Å². The van der Waals surface area contributed by atoms with Gasteiger partial charge in [0, 0.05) is 70.6 Å². The molecule has 0 radical (unpaired) electrons. The highest BCUT2D eigenvalue weighted by Crippen LogP contribution is 2.54. The standard InChI is InChI=1S/C48H37N3S/c1-28-23-25-39-35(27-28)42-43-34-18-8-12-22-41(34)52-48(43)44-33-17-7-11-21-38(33)51-40-26-24-30(32-16-6-10-20-37(32)50(39)46(42)47(44)51)31-15-5-9-19-36(31)49-45(40)29-13-3-2-4-14-29/h2-5,7-9,11-23,25,28,30-31H,6,10,24,26-27H2,1H3. The average Bonchev–Trinajstić information content (AvgIpc) is 3.83. The van der Waals surface area contributed by atoms with Crippen LogP contribution in [0.4, 0.5) is 0 Å². The van der Waals surface area contributed by atoms with E-state index in [0.717, 1.165) is 43.5 Å². The smallest absolute Gasteiger partial charge is 0.0903 e. The first kappa shape index (κ1) is 29.2. The summed E-state index contributed by atoms with van der Waals surface area (Å²) in [5, 5.41) is 6.95. The minimum atomic E-state index is 0.207. The summed E-state index contributed by atoms with van der Waals surface area (Å²) in [6.45, 7) is 2.38. The van der Waals surface area contributed by atoms with E-state index in [1.54, 1.807) is 0 Å². The van der Waals surface area contributed by atoms with Crippen molar-refractivity contribution in [3.63, 3.8) is 0 Å². The van der Waals surface area contributed by atoms with Crippen LogP contribution in [0.2, 0.25) is 0 Å². The van der Waals surface area contributed by atoms with Crippen LogP contribution in [0.5, 0.6) is 0 Å². The zero-order chi connectivity index (χ0) is 34.1. The van der Waals surface area contributed by atoms with Gasteiger partial charge in [-0.15, -0.1) is 11.3 Å². The molecule has 5 aliphatic rings. The van der Waals surface area contributed by atoms with Crippen molar-refractivity contribution in [2.75, 3.05) is 0 Å². The molecule has 0 N–H and O–H groups in total. The van der Waals surface area contributed by atoms with Crippen molar-refractivity contribution < 1.29 is 0 Å².